The summed E-state index contributed by atoms with van der Waals surface area (Å²) >= 11 is 0. The van der Waals surface area contributed by atoms with Crippen LogP contribution in [0.3, 0.4) is 0 Å². The van der Waals surface area contributed by atoms with Gasteiger partial charge in [0.2, 0.25) is 0 Å². The Balaban J connectivity index is 3.08. The molecule has 1 rings (SSSR count). The number of nitrogens with zero attached hydrogens (tertiary/aromatic N) is 2. The van der Waals surface area contributed by atoms with Crippen LogP contribution in [0.1, 0.15) is 24.4 Å². The molecule has 0 saturated carbocycles. The fourth-order valence-electron chi connectivity index (χ4n) is 0.998. The fraction of sp³-hybridized carbons (Fsp3) is 0.455. The van der Waals surface area contributed by atoms with Crippen molar-refractivity contribution in [3.05, 3.63) is 23.8 Å². The minimum atomic E-state index is -1.41. The third-order valence-electron chi connectivity index (χ3n) is 1.68. The average molecular weight is 220 g/mol. The number of aliphatic hydroxyl groups is 1. The summed E-state index contributed by atoms with van der Waals surface area (Å²) in [6.45, 7) is 8.17. The molecule has 0 radical (unpaired) electrons. The van der Waals surface area contributed by atoms with Gasteiger partial charge in [0.1, 0.15) is 19.5 Å². The maximum Gasteiger partial charge on any atom is 0.136 e. The van der Waals surface area contributed by atoms with E-state index in [4.69, 9.17) is 0 Å². The number of aromatic nitrogens is 2. The van der Waals surface area contributed by atoms with Gasteiger partial charge in [-0.1, -0.05) is 25.6 Å². The first-order valence-electron chi connectivity index (χ1n) is 4.92. The van der Waals surface area contributed by atoms with Gasteiger partial charge >= 0.3 is 0 Å². The van der Waals surface area contributed by atoms with Crippen LogP contribution in [0.4, 0.5) is 0 Å². The Bertz CT molecular complexity index is 399. The molecular weight excluding hydrogens is 204 g/mol. The van der Waals surface area contributed by atoms with Gasteiger partial charge in [0.15, 0.2) is 0 Å². The van der Waals surface area contributed by atoms with E-state index < -0.39 is 14.2 Å². The maximum absolute atomic E-state index is 9.48. The first-order valence-corrected chi connectivity index (χ1v) is 8.42. The second-order valence-electron chi connectivity index (χ2n) is 4.47. The molecule has 4 heteroatoms. The van der Waals surface area contributed by atoms with Crippen LogP contribution in [0.25, 0.3) is 0 Å². The molecule has 0 saturated heterocycles. The van der Waals surface area contributed by atoms with Gasteiger partial charge in [-0.15, -0.1) is 5.54 Å². The minimum absolute atomic E-state index is 0.559. The Morgan fingerprint density at radius 2 is 1.87 bits per heavy atom. The highest BCUT2D eigenvalue weighted by atomic mass is 28.3. The van der Waals surface area contributed by atoms with Crippen LogP contribution in [-0.4, -0.2) is 23.1 Å². The van der Waals surface area contributed by atoms with Crippen molar-refractivity contribution in [1.29, 1.82) is 0 Å². The highest BCUT2D eigenvalue weighted by molar-refractivity contribution is 6.83. The van der Waals surface area contributed by atoms with Crippen LogP contribution in [-0.2, 0) is 0 Å². The molecule has 0 fully saturated rings. The highest BCUT2D eigenvalue weighted by Crippen LogP contribution is 2.11. The lowest BCUT2D eigenvalue weighted by molar-refractivity contribution is 0.193. The SMILES string of the molecule is CC(O)c1nccnc1C#C[Si](C)(C)C. The first kappa shape index (κ1) is 11.9. The van der Waals surface area contributed by atoms with Crippen molar-refractivity contribution < 1.29 is 5.11 Å². The van der Waals surface area contributed by atoms with Gasteiger partial charge in [-0.25, -0.2) is 4.98 Å². The van der Waals surface area contributed by atoms with E-state index in [1.54, 1.807) is 19.3 Å². The highest BCUT2D eigenvalue weighted by Gasteiger charge is 2.11. The number of aliphatic hydroxyl groups excluding tert-OH is 1. The lowest BCUT2D eigenvalue weighted by Gasteiger charge is -2.06. The Kier molecular flexibility index (Phi) is 3.61. The van der Waals surface area contributed by atoms with Crippen LogP contribution in [0.2, 0.25) is 19.6 Å². The van der Waals surface area contributed by atoms with Gasteiger partial charge < -0.3 is 5.11 Å². The fourth-order valence-corrected chi connectivity index (χ4v) is 1.49. The Hall–Kier alpha value is -1.18. The Morgan fingerprint density at radius 3 is 2.40 bits per heavy atom. The van der Waals surface area contributed by atoms with Crippen LogP contribution < -0.4 is 0 Å². The number of hydrogen-bond acceptors (Lipinski definition) is 3. The van der Waals surface area contributed by atoms with Gasteiger partial charge in [0.25, 0.3) is 0 Å². The summed E-state index contributed by atoms with van der Waals surface area (Å²) in [5.41, 5.74) is 4.36. The third kappa shape index (κ3) is 3.82. The van der Waals surface area contributed by atoms with Crippen molar-refractivity contribution in [3.8, 4) is 11.5 Å². The zero-order valence-electron chi connectivity index (χ0n) is 9.57. The molecule has 80 valence electrons. The van der Waals surface area contributed by atoms with Crippen molar-refractivity contribution in [2.75, 3.05) is 0 Å². The third-order valence-corrected chi connectivity index (χ3v) is 2.55. The van der Waals surface area contributed by atoms with E-state index >= 15 is 0 Å². The van der Waals surface area contributed by atoms with Gasteiger partial charge in [-0.2, -0.15) is 0 Å². The normalized spacial score (nSPS) is 12.9. The second kappa shape index (κ2) is 4.56. The molecule has 1 aromatic heterocycles. The summed E-state index contributed by atoms with van der Waals surface area (Å²) in [5.74, 6) is 3.01. The molecule has 0 aliphatic heterocycles. The van der Waals surface area contributed by atoms with E-state index in [1.165, 1.54) is 0 Å². The molecule has 3 nitrogen and oxygen atoms in total. The molecule has 1 unspecified atom stereocenters. The molecule has 0 aliphatic carbocycles. The average Bonchev–Trinajstić information content (AvgIpc) is 2.14. The molecule has 0 spiro atoms. The van der Waals surface area contributed by atoms with Gasteiger partial charge in [-0.05, 0) is 6.92 Å². The summed E-state index contributed by atoms with van der Waals surface area (Å²) in [5, 5.41) is 9.48. The minimum Gasteiger partial charge on any atom is -0.387 e. The lowest BCUT2D eigenvalue weighted by atomic mass is 10.2. The molecular formula is C11H16N2OSi. The molecule has 0 amide bonds. The second-order valence-corrected chi connectivity index (χ2v) is 9.22. The van der Waals surface area contributed by atoms with Crippen molar-refractivity contribution in [3.63, 3.8) is 0 Å². The van der Waals surface area contributed by atoms with E-state index in [2.05, 4.69) is 41.1 Å². The molecule has 15 heavy (non-hydrogen) atoms. The van der Waals surface area contributed by atoms with Crippen molar-refractivity contribution in [1.82, 2.24) is 9.97 Å². The van der Waals surface area contributed by atoms with Crippen LogP contribution in [0, 0.1) is 11.5 Å². The zero-order valence-corrected chi connectivity index (χ0v) is 10.6. The Morgan fingerprint density at radius 1 is 1.27 bits per heavy atom. The van der Waals surface area contributed by atoms with Crippen molar-refractivity contribution in [2.24, 2.45) is 0 Å². The van der Waals surface area contributed by atoms with Gasteiger partial charge in [0.05, 0.1) is 6.10 Å². The predicted octanol–water partition coefficient (Wildman–Crippen LogP) is 1.76. The Labute approximate surface area is 91.6 Å². The summed E-state index contributed by atoms with van der Waals surface area (Å²) in [4.78, 5) is 8.21. The molecule has 0 bridgehead atoms. The molecule has 1 heterocycles. The summed E-state index contributed by atoms with van der Waals surface area (Å²) in [6.07, 6.45) is 2.55. The summed E-state index contributed by atoms with van der Waals surface area (Å²) < 4.78 is 0. The van der Waals surface area contributed by atoms with Crippen LogP contribution >= 0.6 is 0 Å². The van der Waals surface area contributed by atoms with Gasteiger partial charge in [-0.3, -0.25) is 4.98 Å². The standard InChI is InChI=1S/C11H16N2OSi/c1-9(14)11-10(12-6-7-13-11)5-8-15(2,3)4/h6-7,9,14H,1-4H3. The van der Waals surface area contributed by atoms with E-state index in [0.29, 0.717) is 11.4 Å². The summed E-state index contributed by atoms with van der Waals surface area (Å²) in [7, 11) is -1.41. The zero-order chi connectivity index (χ0) is 11.5. The van der Waals surface area contributed by atoms with Crippen molar-refractivity contribution >= 4 is 8.07 Å². The topological polar surface area (TPSA) is 46.0 Å². The molecule has 1 atom stereocenters. The molecule has 1 N–H and O–H groups in total. The van der Waals surface area contributed by atoms with E-state index in [1.807, 2.05) is 0 Å². The monoisotopic (exact) mass is 220 g/mol. The largest absolute Gasteiger partial charge is 0.387 e. The van der Waals surface area contributed by atoms with E-state index in [-0.39, 0.29) is 0 Å². The van der Waals surface area contributed by atoms with E-state index in [9.17, 15) is 5.11 Å². The quantitative estimate of drug-likeness (QED) is 0.579. The maximum atomic E-state index is 9.48. The van der Waals surface area contributed by atoms with Gasteiger partial charge in [0, 0.05) is 12.4 Å². The number of hydrogen-bond donors (Lipinski definition) is 1. The summed E-state index contributed by atoms with van der Waals surface area (Å²) in [6, 6.07) is 0. The number of rotatable bonds is 1. The predicted molar refractivity (Wildman–Crippen MR) is 62.9 cm³/mol. The first-order chi connectivity index (χ1) is 6.90. The molecule has 1 aromatic rings. The molecule has 0 aliphatic rings. The van der Waals surface area contributed by atoms with Crippen molar-refractivity contribution in [2.45, 2.75) is 32.7 Å². The smallest absolute Gasteiger partial charge is 0.136 e. The van der Waals surface area contributed by atoms with E-state index in [0.717, 1.165) is 0 Å². The van der Waals surface area contributed by atoms with Crippen LogP contribution in [0.5, 0.6) is 0 Å². The lowest BCUT2D eigenvalue weighted by Crippen LogP contribution is -2.16. The molecule has 0 aromatic carbocycles. The van der Waals surface area contributed by atoms with Crippen LogP contribution in [0.15, 0.2) is 12.4 Å².